The van der Waals surface area contributed by atoms with Crippen molar-refractivity contribution < 1.29 is 4.79 Å². The van der Waals surface area contributed by atoms with Gasteiger partial charge in [0, 0.05) is 6.04 Å². The van der Waals surface area contributed by atoms with Crippen molar-refractivity contribution in [3.8, 4) is 0 Å². The zero-order valence-corrected chi connectivity index (χ0v) is 7.33. The van der Waals surface area contributed by atoms with E-state index in [1.807, 2.05) is 0 Å². The Labute approximate surface area is 72.9 Å². The zero-order chi connectivity index (χ0) is 8.55. The van der Waals surface area contributed by atoms with Crippen LogP contribution >= 0.6 is 0 Å². The van der Waals surface area contributed by atoms with Gasteiger partial charge in [0.2, 0.25) is 5.91 Å². The van der Waals surface area contributed by atoms with E-state index in [2.05, 4.69) is 4.90 Å². The maximum Gasteiger partial charge on any atom is 0.231 e. The molecule has 3 nitrogen and oxygen atoms in total. The van der Waals surface area contributed by atoms with Gasteiger partial charge < -0.3 is 5.73 Å². The van der Waals surface area contributed by atoms with Crippen LogP contribution in [-0.4, -0.2) is 29.9 Å². The lowest BCUT2D eigenvalue weighted by Gasteiger charge is -2.21. The average molecular weight is 168 g/mol. The lowest BCUT2D eigenvalue weighted by Crippen LogP contribution is -2.37. The fraction of sp³-hybridized carbons (Fsp3) is 0.889. The molecule has 2 atom stereocenters. The molecule has 68 valence electrons. The Morgan fingerprint density at radius 3 is 3.00 bits per heavy atom. The van der Waals surface area contributed by atoms with E-state index < -0.39 is 0 Å². The summed E-state index contributed by atoms with van der Waals surface area (Å²) in [7, 11) is 0. The Bertz CT molecular complexity index is 193. The van der Waals surface area contributed by atoms with Gasteiger partial charge in [-0.1, -0.05) is 6.42 Å². The number of amides is 1. The molecule has 1 saturated carbocycles. The van der Waals surface area contributed by atoms with Crippen molar-refractivity contribution in [2.24, 2.45) is 11.7 Å². The minimum absolute atomic E-state index is 0.178. The maximum absolute atomic E-state index is 10.7. The number of rotatable bonds is 2. The Morgan fingerprint density at radius 2 is 2.25 bits per heavy atom. The predicted molar refractivity (Wildman–Crippen MR) is 46.5 cm³/mol. The summed E-state index contributed by atoms with van der Waals surface area (Å²) in [5.41, 5.74) is 5.17. The normalized spacial score (nSPS) is 35.3. The third-order valence-electron chi connectivity index (χ3n) is 3.23. The van der Waals surface area contributed by atoms with Crippen LogP contribution in [0.3, 0.4) is 0 Å². The lowest BCUT2D eigenvalue weighted by atomic mass is 10.1. The monoisotopic (exact) mass is 168 g/mol. The average Bonchev–Trinajstić information content (AvgIpc) is 2.52. The second kappa shape index (κ2) is 3.05. The summed E-state index contributed by atoms with van der Waals surface area (Å²) in [6.45, 7) is 1.56. The van der Waals surface area contributed by atoms with Crippen LogP contribution in [0.15, 0.2) is 0 Å². The van der Waals surface area contributed by atoms with E-state index in [4.69, 9.17) is 5.73 Å². The van der Waals surface area contributed by atoms with Crippen molar-refractivity contribution in [1.29, 1.82) is 0 Å². The number of hydrogen-bond donors (Lipinski definition) is 1. The molecule has 1 amide bonds. The van der Waals surface area contributed by atoms with Gasteiger partial charge in [0.05, 0.1) is 6.54 Å². The molecule has 1 saturated heterocycles. The second-order valence-electron chi connectivity index (χ2n) is 3.98. The van der Waals surface area contributed by atoms with Crippen molar-refractivity contribution in [1.82, 2.24) is 4.90 Å². The van der Waals surface area contributed by atoms with E-state index in [0.29, 0.717) is 12.6 Å². The molecule has 1 heterocycles. The van der Waals surface area contributed by atoms with Crippen LogP contribution in [0.1, 0.15) is 25.7 Å². The van der Waals surface area contributed by atoms with Gasteiger partial charge in [-0.05, 0) is 31.7 Å². The molecule has 2 N–H and O–H groups in total. The number of hydrogen-bond acceptors (Lipinski definition) is 2. The molecule has 0 aromatic carbocycles. The minimum atomic E-state index is -0.178. The van der Waals surface area contributed by atoms with Gasteiger partial charge in [0.1, 0.15) is 0 Å². The smallest absolute Gasteiger partial charge is 0.231 e. The Morgan fingerprint density at radius 1 is 1.42 bits per heavy atom. The number of nitrogens with two attached hydrogens (primary N) is 1. The van der Waals surface area contributed by atoms with Gasteiger partial charge in [-0.3, -0.25) is 9.69 Å². The van der Waals surface area contributed by atoms with Gasteiger partial charge in [-0.2, -0.15) is 0 Å². The maximum atomic E-state index is 10.7. The number of nitrogens with zero attached hydrogens (tertiary/aromatic N) is 1. The summed E-state index contributed by atoms with van der Waals surface area (Å²) >= 11 is 0. The summed E-state index contributed by atoms with van der Waals surface area (Å²) in [4.78, 5) is 13.0. The first-order valence-electron chi connectivity index (χ1n) is 4.80. The SMILES string of the molecule is NC(=O)CN1CCC2CCCC21. The molecular weight excluding hydrogens is 152 g/mol. The second-order valence-corrected chi connectivity index (χ2v) is 3.98. The number of primary amides is 1. The highest BCUT2D eigenvalue weighted by Gasteiger charge is 2.37. The van der Waals surface area contributed by atoms with Crippen LogP contribution in [0.25, 0.3) is 0 Å². The largest absolute Gasteiger partial charge is 0.369 e. The Balaban J connectivity index is 1.95. The van der Waals surface area contributed by atoms with E-state index in [-0.39, 0.29) is 5.91 Å². The third kappa shape index (κ3) is 1.33. The molecule has 0 radical (unpaired) electrons. The first kappa shape index (κ1) is 8.05. The van der Waals surface area contributed by atoms with Crippen molar-refractivity contribution in [2.45, 2.75) is 31.7 Å². The first-order valence-corrected chi connectivity index (χ1v) is 4.80. The van der Waals surface area contributed by atoms with Crippen molar-refractivity contribution in [3.05, 3.63) is 0 Å². The highest BCUT2D eigenvalue weighted by atomic mass is 16.1. The molecule has 1 aliphatic carbocycles. The fourth-order valence-electron chi connectivity index (χ4n) is 2.73. The summed E-state index contributed by atoms with van der Waals surface area (Å²) in [5, 5.41) is 0. The van der Waals surface area contributed by atoms with Gasteiger partial charge >= 0.3 is 0 Å². The molecule has 2 unspecified atom stereocenters. The van der Waals surface area contributed by atoms with Crippen LogP contribution in [-0.2, 0) is 4.79 Å². The number of fused-ring (bicyclic) bond motifs is 1. The fourth-order valence-corrected chi connectivity index (χ4v) is 2.73. The van der Waals surface area contributed by atoms with E-state index >= 15 is 0 Å². The molecule has 0 aromatic heterocycles. The molecule has 1 aliphatic heterocycles. The summed E-state index contributed by atoms with van der Waals surface area (Å²) in [6.07, 6.45) is 5.25. The van der Waals surface area contributed by atoms with Crippen LogP contribution < -0.4 is 5.73 Å². The molecule has 2 fully saturated rings. The summed E-state index contributed by atoms with van der Waals surface area (Å²) in [6, 6.07) is 0.678. The van der Waals surface area contributed by atoms with Crippen LogP contribution in [0.4, 0.5) is 0 Å². The standard InChI is InChI=1S/C9H16N2O/c10-9(12)6-11-5-4-7-2-1-3-8(7)11/h7-8H,1-6H2,(H2,10,12). The first-order chi connectivity index (χ1) is 5.77. The van der Waals surface area contributed by atoms with Crippen LogP contribution in [0.2, 0.25) is 0 Å². The molecule has 0 bridgehead atoms. The summed E-state index contributed by atoms with van der Waals surface area (Å²) < 4.78 is 0. The lowest BCUT2D eigenvalue weighted by molar-refractivity contribution is -0.119. The molecule has 3 heteroatoms. The topological polar surface area (TPSA) is 46.3 Å². The Kier molecular flexibility index (Phi) is 2.05. The predicted octanol–water partition coefficient (Wildman–Crippen LogP) is 0.346. The van der Waals surface area contributed by atoms with Crippen LogP contribution in [0, 0.1) is 5.92 Å². The van der Waals surface area contributed by atoms with Gasteiger partial charge in [0.15, 0.2) is 0 Å². The number of likely N-dealkylation sites (tertiary alicyclic amines) is 1. The molecule has 12 heavy (non-hydrogen) atoms. The van der Waals surface area contributed by atoms with E-state index in [0.717, 1.165) is 12.5 Å². The quantitative estimate of drug-likeness (QED) is 0.646. The van der Waals surface area contributed by atoms with Crippen LogP contribution in [0.5, 0.6) is 0 Å². The Hall–Kier alpha value is -0.570. The van der Waals surface area contributed by atoms with Crippen molar-refractivity contribution in [3.63, 3.8) is 0 Å². The minimum Gasteiger partial charge on any atom is -0.369 e. The van der Waals surface area contributed by atoms with Gasteiger partial charge in [0.25, 0.3) is 0 Å². The van der Waals surface area contributed by atoms with Gasteiger partial charge in [-0.25, -0.2) is 0 Å². The number of carbonyl (C=O) groups is 1. The van der Waals surface area contributed by atoms with E-state index in [1.165, 1.54) is 25.7 Å². The highest BCUT2D eigenvalue weighted by Crippen LogP contribution is 2.37. The molecule has 2 rings (SSSR count). The van der Waals surface area contributed by atoms with Crippen molar-refractivity contribution in [2.75, 3.05) is 13.1 Å². The van der Waals surface area contributed by atoms with E-state index in [1.54, 1.807) is 0 Å². The zero-order valence-electron chi connectivity index (χ0n) is 7.33. The molecular formula is C9H16N2O. The molecule has 0 aromatic rings. The van der Waals surface area contributed by atoms with E-state index in [9.17, 15) is 4.79 Å². The highest BCUT2D eigenvalue weighted by molar-refractivity contribution is 5.76. The number of carbonyl (C=O) groups excluding carboxylic acids is 1. The molecule has 0 spiro atoms. The third-order valence-corrected chi connectivity index (χ3v) is 3.23. The molecule has 2 aliphatic rings. The summed E-state index contributed by atoms with van der Waals surface area (Å²) in [5.74, 6) is 0.687. The van der Waals surface area contributed by atoms with Crippen molar-refractivity contribution >= 4 is 5.91 Å². The van der Waals surface area contributed by atoms with Gasteiger partial charge in [-0.15, -0.1) is 0 Å².